The van der Waals surface area contributed by atoms with Crippen LogP contribution in [-0.2, 0) is 6.18 Å². The highest BCUT2D eigenvalue weighted by atomic mass is 19.4. The molecule has 1 aliphatic rings. The van der Waals surface area contributed by atoms with Gasteiger partial charge in [-0.15, -0.1) is 0 Å². The monoisotopic (exact) mass is 455 g/mol. The fourth-order valence-corrected chi connectivity index (χ4v) is 4.66. The highest BCUT2D eigenvalue weighted by Gasteiger charge is 2.34. The average Bonchev–Trinajstić information content (AvgIpc) is 2.79. The van der Waals surface area contributed by atoms with Gasteiger partial charge in [-0.2, -0.15) is 13.2 Å². The summed E-state index contributed by atoms with van der Waals surface area (Å²) in [4.78, 5) is 18.5. The van der Waals surface area contributed by atoms with Crippen LogP contribution in [-0.4, -0.2) is 30.0 Å². The molecule has 2 aromatic carbocycles. The molecule has 1 saturated carbocycles. The van der Waals surface area contributed by atoms with E-state index < -0.39 is 11.9 Å². The maximum absolute atomic E-state index is 13.4. The van der Waals surface area contributed by atoms with E-state index in [9.17, 15) is 18.0 Å². The topological polar surface area (TPSA) is 45.2 Å². The first-order chi connectivity index (χ1) is 15.6. The first kappa shape index (κ1) is 23.1. The quantitative estimate of drug-likeness (QED) is 0.521. The summed E-state index contributed by atoms with van der Waals surface area (Å²) < 4.78 is 40.3. The van der Waals surface area contributed by atoms with Crippen molar-refractivity contribution >= 4 is 22.5 Å². The average molecular weight is 456 g/mol. The number of amides is 1. The largest absolute Gasteiger partial charge is 0.433 e. The number of halogens is 3. The maximum Gasteiger partial charge on any atom is 0.433 e. The molecule has 1 amide bonds. The Morgan fingerprint density at radius 3 is 2.42 bits per heavy atom. The van der Waals surface area contributed by atoms with Crippen molar-refractivity contribution in [2.24, 2.45) is 0 Å². The zero-order valence-electron chi connectivity index (χ0n) is 19.0. The highest BCUT2D eigenvalue weighted by Crippen LogP contribution is 2.36. The summed E-state index contributed by atoms with van der Waals surface area (Å²) in [6, 6.07) is 13.9. The van der Waals surface area contributed by atoms with Crippen LogP contribution < -0.4 is 10.2 Å². The lowest BCUT2D eigenvalue weighted by molar-refractivity contribution is -0.140. The minimum atomic E-state index is -4.50. The number of hydrogen-bond donors (Lipinski definition) is 1. The van der Waals surface area contributed by atoms with Crippen LogP contribution in [0.15, 0.2) is 48.5 Å². The van der Waals surface area contributed by atoms with Gasteiger partial charge in [0.15, 0.2) is 0 Å². The number of benzene rings is 2. The van der Waals surface area contributed by atoms with E-state index in [2.05, 4.69) is 10.3 Å². The number of anilines is 1. The van der Waals surface area contributed by atoms with Crippen LogP contribution in [0.25, 0.3) is 10.9 Å². The Hall–Kier alpha value is -3.09. The van der Waals surface area contributed by atoms with Gasteiger partial charge < -0.3 is 10.2 Å². The number of nitrogens with zero attached hydrogens (tertiary/aromatic N) is 2. The first-order valence-electron chi connectivity index (χ1n) is 11.2. The molecule has 7 heteroatoms. The summed E-state index contributed by atoms with van der Waals surface area (Å²) in [6.07, 6.45) is -1.38. The lowest BCUT2D eigenvalue weighted by Crippen LogP contribution is -2.43. The van der Waals surface area contributed by atoms with Gasteiger partial charge in [-0.1, -0.05) is 30.3 Å². The molecule has 4 nitrogen and oxygen atoms in total. The molecule has 3 aromatic rings. The molecule has 0 bridgehead atoms. The van der Waals surface area contributed by atoms with E-state index >= 15 is 0 Å². The molecule has 0 aliphatic heterocycles. The van der Waals surface area contributed by atoms with Gasteiger partial charge in [0.05, 0.1) is 5.52 Å². The molecule has 0 saturated heterocycles. The summed E-state index contributed by atoms with van der Waals surface area (Å²) in [5, 5.41) is 3.85. The van der Waals surface area contributed by atoms with Crippen molar-refractivity contribution in [2.45, 2.75) is 57.8 Å². The zero-order chi connectivity index (χ0) is 23.8. The number of pyridine rings is 1. The molecular formula is C26H28F3N3O. The predicted molar refractivity (Wildman–Crippen MR) is 125 cm³/mol. The lowest BCUT2D eigenvalue weighted by Gasteiger charge is -2.37. The standard InChI is InChI=1S/C26H28F3N3O/c1-16-7-6-9-20(17(16)2)25(33)30-18-11-13-19(14-12-18)32(3)23-15-24(26(27,28)29)31-22-10-5-4-8-21(22)23/h4-10,15,18-19H,11-14H2,1-3H3,(H,30,33)/t18-,19+. The molecule has 174 valence electrons. The normalized spacial score (nSPS) is 18.8. The van der Waals surface area contributed by atoms with Gasteiger partial charge in [-0.25, -0.2) is 4.98 Å². The van der Waals surface area contributed by atoms with Gasteiger partial charge in [0.1, 0.15) is 5.69 Å². The van der Waals surface area contributed by atoms with E-state index in [1.54, 1.807) is 12.1 Å². The Balaban J connectivity index is 1.48. The molecule has 0 unspecified atom stereocenters. The van der Waals surface area contributed by atoms with Crippen LogP contribution in [0.5, 0.6) is 0 Å². The van der Waals surface area contributed by atoms with Gasteiger partial charge in [0, 0.05) is 35.8 Å². The number of aromatic nitrogens is 1. The Morgan fingerprint density at radius 2 is 1.73 bits per heavy atom. The van der Waals surface area contributed by atoms with Crippen LogP contribution in [0.4, 0.5) is 18.9 Å². The highest BCUT2D eigenvalue weighted by molar-refractivity contribution is 5.96. The predicted octanol–water partition coefficient (Wildman–Crippen LogP) is 6.05. The third-order valence-corrected chi connectivity index (χ3v) is 6.79. The van der Waals surface area contributed by atoms with E-state index in [-0.39, 0.29) is 18.0 Å². The Bertz CT molecular complexity index is 1170. The molecule has 0 atom stereocenters. The van der Waals surface area contributed by atoms with Gasteiger partial charge in [0.25, 0.3) is 5.91 Å². The van der Waals surface area contributed by atoms with E-state index in [4.69, 9.17) is 0 Å². The van der Waals surface area contributed by atoms with Gasteiger partial charge in [0.2, 0.25) is 0 Å². The molecule has 1 aliphatic carbocycles. The molecule has 1 fully saturated rings. The van der Waals surface area contributed by atoms with Gasteiger partial charge in [-0.05, 0) is 68.9 Å². The first-order valence-corrected chi connectivity index (χ1v) is 11.2. The number of nitrogens with one attached hydrogen (secondary N) is 1. The van der Waals surface area contributed by atoms with E-state index in [0.717, 1.165) is 42.9 Å². The van der Waals surface area contributed by atoms with Crippen LogP contribution in [0, 0.1) is 13.8 Å². The number of para-hydroxylation sites is 1. The summed E-state index contributed by atoms with van der Waals surface area (Å²) in [6.45, 7) is 3.94. The van der Waals surface area contributed by atoms with Crippen LogP contribution in [0.1, 0.15) is 52.9 Å². The molecule has 1 aromatic heterocycles. The fourth-order valence-electron chi connectivity index (χ4n) is 4.66. The van der Waals surface area contributed by atoms with Crippen molar-refractivity contribution in [3.8, 4) is 0 Å². The summed E-state index contributed by atoms with van der Waals surface area (Å²) >= 11 is 0. The van der Waals surface area contributed by atoms with Crippen LogP contribution in [0.2, 0.25) is 0 Å². The zero-order valence-corrected chi connectivity index (χ0v) is 19.0. The van der Waals surface area contributed by atoms with E-state index in [0.29, 0.717) is 22.2 Å². The fraction of sp³-hybridized carbons (Fsp3) is 0.385. The van der Waals surface area contributed by atoms with Gasteiger partial charge in [-0.3, -0.25) is 4.79 Å². The van der Waals surface area contributed by atoms with Crippen molar-refractivity contribution in [1.82, 2.24) is 10.3 Å². The van der Waals surface area contributed by atoms with Gasteiger partial charge >= 0.3 is 6.18 Å². The summed E-state index contributed by atoms with van der Waals surface area (Å²) in [5.74, 6) is -0.0667. The lowest BCUT2D eigenvalue weighted by atomic mass is 9.89. The minimum absolute atomic E-state index is 0.0574. The van der Waals surface area contributed by atoms with Crippen molar-refractivity contribution in [1.29, 1.82) is 0 Å². The molecule has 0 spiro atoms. The number of carbonyl (C=O) groups excluding carboxylic acids is 1. The third-order valence-electron chi connectivity index (χ3n) is 6.79. The number of fused-ring (bicyclic) bond motifs is 1. The van der Waals surface area contributed by atoms with Crippen molar-refractivity contribution in [3.05, 3.63) is 70.9 Å². The van der Waals surface area contributed by atoms with Crippen molar-refractivity contribution in [3.63, 3.8) is 0 Å². The molecular weight excluding hydrogens is 427 g/mol. The smallest absolute Gasteiger partial charge is 0.371 e. The maximum atomic E-state index is 13.4. The van der Waals surface area contributed by atoms with Crippen LogP contribution in [0.3, 0.4) is 0 Å². The number of hydrogen-bond acceptors (Lipinski definition) is 3. The SMILES string of the molecule is Cc1cccc(C(=O)N[C@H]2CC[C@@H](N(C)c3cc(C(F)(F)F)nc4ccccc34)CC2)c1C. The molecule has 33 heavy (non-hydrogen) atoms. The van der Waals surface area contributed by atoms with Crippen molar-refractivity contribution < 1.29 is 18.0 Å². The number of carbonyl (C=O) groups is 1. The van der Waals surface area contributed by atoms with Crippen molar-refractivity contribution in [2.75, 3.05) is 11.9 Å². The molecule has 4 rings (SSSR count). The van der Waals surface area contributed by atoms with E-state index in [1.165, 1.54) is 0 Å². The molecule has 1 N–H and O–H groups in total. The number of alkyl halides is 3. The minimum Gasteiger partial charge on any atom is -0.371 e. The summed E-state index contributed by atoms with van der Waals surface area (Å²) in [7, 11) is 1.85. The third kappa shape index (κ3) is 4.82. The Labute approximate surface area is 191 Å². The summed E-state index contributed by atoms with van der Waals surface area (Å²) in [5.41, 5.74) is 2.75. The molecule has 0 radical (unpaired) electrons. The number of aryl methyl sites for hydroxylation is 1. The molecule has 1 heterocycles. The number of rotatable bonds is 4. The Kier molecular flexibility index (Phi) is 6.32. The second kappa shape index (κ2) is 9.04. The Morgan fingerprint density at radius 1 is 1.03 bits per heavy atom. The second-order valence-electron chi connectivity index (χ2n) is 8.88. The second-order valence-corrected chi connectivity index (χ2v) is 8.88. The van der Waals surface area contributed by atoms with Crippen LogP contribution >= 0.6 is 0 Å². The van der Waals surface area contributed by atoms with E-state index in [1.807, 2.05) is 56.1 Å².